The van der Waals surface area contributed by atoms with Crippen molar-refractivity contribution in [3.8, 4) is 0 Å². The number of hydrogen-bond acceptors (Lipinski definition) is 2. The molecule has 1 atom stereocenters. The maximum atomic E-state index is 10.7. The number of anilines is 1. The summed E-state index contributed by atoms with van der Waals surface area (Å²) in [4.78, 5) is 10.7. The fourth-order valence-corrected chi connectivity index (χ4v) is 1.45. The molecule has 1 aromatic rings. The molecule has 0 heterocycles. The molecule has 1 unspecified atom stereocenters. The Morgan fingerprint density at radius 2 is 2.07 bits per heavy atom. The largest absolute Gasteiger partial charge is 0.480 e. The molecule has 4 heteroatoms. The second-order valence-corrected chi connectivity index (χ2v) is 4.20. The standard InChI is InChI=1S/C10H12INO2/c1-2-9(10(13)14)12-8-5-3-7(11)4-6-8/h3-6,9,12H,2H2,1H3,(H,13,14). The van der Waals surface area contributed by atoms with E-state index >= 15 is 0 Å². The van der Waals surface area contributed by atoms with Gasteiger partial charge in [0.15, 0.2) is 0 Å². The summed E-state index contributed by atoms with van der Waals surface area (Å²) in [5.41, 5.74) is 0.847. The van der Waals surface area contributed by atoms with Crippen molar-refractivity contribution >= 4 is 34.2 Å². The summed E-state index contributed by atoms with van der Waals surface area (Å²) in [6.07, 6.45) is 0.571. The summed E-state index contributed by atoms with van der Waals surface area (Å²) in [7, 11) is 0. The van der Waals surface area contributed by atoms with Gasteiger partial charge in [-0.2, -0.15) is 0 Å². The van der Waals surface area contributed by atoms with Crippen LogP contribution >= 0.6 is 22.6 Å². The molecule has 0 radical (unpaired) electrons. The molecule has 0 aliphatic heterocycles. The molecule has 0 saturated heterocycles. The number of carboxylic acid groups (broad SMARTS) is 1. The first kappa shape index (κ1) is 11.3. The molecule has 0 amide bonds. The molecular formula is C10H12INO2. The first-order valence-electron chi connectivity index (χ1n) is 4.38. The van der Waals surface area contributed by atoms with Gasteiger partial charge in [0.05, 0.1) is 0 Å². The van der Waals surface area contributed by atoms with E-state index in [1.54, 1.807) is 0 Å². The summed E-state index contributed by atoms with van der Waals surface area (Å²) in [6.45, 7) is 1.85. The topological polar surface area (TPSA) is 49.3 Å². The summed E-state index contributed by atoms with van der Waals surface area (Å²) in [6, 6.07) is 7.14. The SMILES string of the molecule is CCC(Nc1ccc(I)cc1)C(=O)O. The highest BCUT2D eigenvalue weighted by atomic mass is 127. The van der Waals surface area contributed by atoms with Gasteiger partial charge in [-0.3, -0.25) is 0 Å². The highest BCUT2D eigenvalue weighted by Crippen LogP contribution is 2.13. The lowest BCUT2D eigenvalue weighted by atomic mass is 10.2. The molecular weight excluding hydrogens is 293 g/mol. The smallest absolute Gasteiger partial charge is 0.326 e. The van der Waals surface area contributed by atoms with E-state index in [9.17, 15) is 4.79 Å². The normalized spacial score (nSPS) is 12.1. The third-order valence-electron chi connectivity index (χ3n) is 1.89. The third-order valence-corrected chi connectivity index (χ3v) is 2.61. The van der Waals surface area contributed by atoms with Crippen LogP contribution in [0.15, 0.2) is 24.3 Å². The summed E-state index contributed by atoms with van der Waals surface area (Å²) >= 11 is 2.21. The number of rotatable bonds is 4. The summed E-state index contributed by atoms with van der Waals surface area (Å²) in [5.74, 6) is -0.814. The zero-order valence-corrected chi connectivity index (χ0v) is 9.98. The van der Waals surface area contributed by atoms with E-state index in [4.69, 9.17) is 5.11 Å². The van der Waals surface area contributed by atoms with Gasteiger partial charge < -0.3 is 10.4 Å². The highest BCUT2D eigenvalue weighted by Gasteiger charge is 2.13. The zero-order chi connectivity index (χ0) is 10.6. The second-order valence-electron chi connectivity index (χ2n) is 2.95. The number of carboxylic acids is 1. The van der Waals surface area contributed by atoms with Gasteiger partial charge in [0.25, 0.3) is 0 Å². The number of nitrogens with one attached hydrogen (secondary N) is 1. The Kier molecular flexibility index (Phi) is 4.19. The minimum atomic E-state index is -0.814. The first-order chi connectivity index (χ1) is 6.63. The van der Waals surface area contributed by atoms with Crippen molar-refractivity contribution in [2.45, 2.75) is 19.4 Å². The quantitative estimate of drug-likeness (QED) is 0.841. The lowest BCUT2D eigenvalue weighted by Gasteiger charge is -2.13. The fourth-order valence-electron chi connectivity index (χ4n) is 1.09. The van der Waals surface area contributed by atoms with Gasteiger partial charge in [-0.15, -0.1) is 0 Å². The minimum Gasteiger partial charge on any atom is -0.480 e. The van der Waals surface area contributed by atoms with E-state index in [1.165, 1.54) is 0 Å². The molecule has 0 aliphatic carbocycles. The van der Waals surface area contributed by atoms with Crippen LogP contribution in [0.5, 0.6) is 0 Å². The van der Waals surface area contributed by atoms with Gasteiger partial charge in [0, 0.05) is 9.26 Å². The maximum Gasteiger partial charge on any atom is 0.326 e. The van der Waals surface area contributed by atoms with E-state index in [-0.39, 0.29) is 0 Å². The first-order valence-corrected chi connectivity index (χ1v) is 5.46. The average molecular weight is 305 g/mol. The van der Waals surface area contributed by atoms with Gasteiger partial charge in [-0.1, -0.05) is 6.92 Å². The van der Waals surface area contributed by atoms with Crippen LogP contribution in [0.1, 0.15) is 13.3 Å². The average Bonchev–Trinajstić information content (AvgIpc) is 2.16. The van der Waals surface area contributed by atoms with Crippen LogP contribution in [-0.2, 0) is 4.79 Å². The Bertz CT molecular complexity index is 310. The maximum absolute atomic E-state index is 10.7. The summed E-state index contributed by atoms with van der Waals surface area (Å²) < 4.78 is 1.14. The van der Waals surface area contributed by atoms with Crippen molar-refractivity contribution in [3.63, 3.8) is 0 Å². The van der Waals surface area contributed by atoms with Crippen molar-refractivity contribution < 1.29 is 9.90 Å². The zero-order valence-electron chi connectivity index (χ0n) is 7.83. The number of hydrogen-bond donors (Lipinski definition) is 2. The molecule has 0 saturated carbocycles. The van der Waals surface area contributed by atoms with Crippen LogP contribution in [0.3, 0.4) is 0 Å². The van der Waals surface area contributed by atoms with Gasteiger partial charge in [-0.25, -0.2) is 4.79 Å². The van der Waals surface area contributed by atoms with Crippen LogP contribution in [0, 0.1) is 3.57 Å². The summed E-state index contributed by atoms with van der Waals surface area (Å²) in [5, 5.41) is 11.8. The van der Waals surface area contributed by atoms with Crippen LogP contribution in [0.4, 0.5) is 5.69 Å². The molecule has 0 aliphatic rings. The monoisotopic (exact) mass is 305 g/mol. The Morgan fingerprint density at radius 1 is 1.50 bits per heavy atom. The van der Waals surface area contributed by atoms with Crippen molar-refractivity contribution in [1.29, 1.82) is 0 Å². The predicted octanol–water partition coefficient (Wildman–Crippen LogP) is 2.57. The van der Waals surface area contributed by atoms with Crippen molar-refractivity contribution in [2.24, 2.45) is 0 Å². The lowest BCUT2D eigenvalue weighted by Crippen LogP contribution is -2.28. The molecule has 14 heavy (non-hydrogen) atoms. The fraction of sp³-hybridized carbons (Fsp3) is 0.300. The Hall–Kier alpha value is -0.780. The molecule has 0 fully saturated rings. The number of halogens is 1. The molecule has 0 aromatic heterocycles. The molecule has 0 spiro atoms. The lowest BCUT2D eigenvalue weighted by molar-refractivity contribution is -0.137. The van der Waals surface area contributed by atoms with Gasteiger partial charge >= 0.3 is 5.97 Å². The minimum absolute atomic E-state index is 0.505. The van der Waals surface area contributed by atoms with E-state index in [0.29, 0.717) is 6.42 Å². The Balaban J connectivity index is 2.67. The molecule has 76 valence electrons. The Labute approximate surface area is 96.7 Å². The van der Waals surface area contributed by atoms with Gasteiger partial charge in [-0.05, 0) is 53.3 Å². The highest BCUT2D eigenvalue weighted by molar-refractivity contribution is 14.1. The van der Waals surface area contributed by atoms with E-state index in [0.717, 1.165) is 9.26 Å². The van der Waals surface area contributed by atoms with Crippen LogP contribution < -0.4 is 5.32 Å². The van der Waals surface area contributed by atoms with Crippen LogP contribution in [-0.4, -0.2) is 17.1 Å². The number of benzene rings is 1. The molecule has 3 nitrogen and oxygen atoms in total. The molecule has 0 bridgehead atoms. The third kappa shape index (κ3) is 3.17. The molecule has 1 rings (SSSR count). The number of aliphatic carboxylic acids is 1. The molecule has 1 aromatic carbocycles. The predicted molar refractivity (Wildman–Crippen MR) is 64.5 cm³/mol. The van der Waals surface area contributed by atoms with Crippen molar-refractivity contribution in [1.82, 2.24) is 0 Å². The second kappa shape index (κ2) is 5.19. The molecule has 2 N–H and O–H groups in total. The van der Waals surface area contributed by atoms with Gasteiger partial charge in [0.1, 0.15) is 6.04 Å². The van der Waals surface area contributed by atoms with Gasteiger partial charge in [0.2, 0.25) is 0 Å². The van der Waals surface area contributed by atoms with E-state index in [1.807, 2.05) is 31.2 Å². The van der Waals surface area contributed by atoms with E-state index < -0.39 is 12.0 Å². The number of carbonyl (C=O) groups is 1. The van der Waals surface area contributed by atoms with Crippen LogP contribution in [0.25, 0.3) is 0 Å². The Morgan fingerprint density at radius 3 is 2.50 bits per heavy atom. The van der Waals surface area contributed by atoms with Crippen molar-refractivity contribution in [3.05, 3.63) is 27.8 Å². The van der Waals surface area contributed by atoms with E-state index in [2.05, 4.69) is 27.9 Å². The van der Waals surface area contributed by atoms with Crippen LogP contribution in [0.2, 0.25) is 0 Å². The van der Waals surface area contributed by atoms with Crippen molar-refractivity contribution in [2.75, 3.05) is 5.32 Å².